The lowest BCUT2D eigenvalue weighted by atomic mass is 10.1. The summed E-state index contributed by atoms with van der Waals surface area (Å²) >= 11 is 0. The van der Waals surface area contributed by atoms with Crippen LogP contribution in [0.1, 0.15) is 26.2 Å². The van der Waals surface area contributed by atoms with Crippen molar-refractivity contribution in [3.05, 3.63) is 66.6 Å². The summed E-state index contributed by atoms with van der Waals surface area (Å²) in [4.78, 5) is 33.3. The molecular weight excluding hydrogens is 402 g/mol. The van der Waals surface area contributed by atoms with Gasteiger partial charge in [0.25, 0.3) is 0 Å². The van der Waals surface area contributed by atoms with Gasteiger partial charge >= 0.3 is 0 Å². The van der Waals surface area contributed by atoms with Gasteiger partial charge in [-0.1, -0.05) is 74.5 Å². The molecule has 0 spiro atoms. The zero-order valence-electron chi connectivity index (χ0n) is 18.7. The van der Waals surface area contributed by atoms with E-state index in [0.29, 0.717) is 44.9 Å². The van der Waals surface area contributed by atoms with E-state index >= 15 is 0 Å². The van der Waals surface area contributed by atoms with Crippen LogP contribution in [-0.4, -0.2) is 52.8 Å². The molecule has 1 fully saturated rings. The van der Waals surface area contributed by atoms with E-state index in [2.05, 4.69) is 0 Å². The van der Waals surface area contributed by atoms with Crippen molar-refractivity contribution in [1.29, 1.82) is 0 Å². The van der Waals surface area contributed by atoms with Gasteiger partial charge in [-0.05, 0) is 0 Å². The summed E-state index contributed by atoms with van der Waals surface area (Å²) in [5.41, 5.74) is 2.74. The third kappa shape index (κ3) is 4.90. The average Bonchev–Trinajstić information content (AvgIpc) is 3.27. The number of carbonyl (C=O) groups is 2. The van der Waals surface area contributed by atoms with Crippen LogP contribution >= 0.6 is 0 Å². The van der Waals surface area contributed by atoms with Crippen molar-refractivity contribution in [2.24, 2.45) is 5.92 Å². The molecule has 0 saturated carbocycles. The molecule has 0 atom stereocenters. The molecule has 0 N–H and O–H groups in total. The minimum atomic E-state index is -0.0140. The first-order valence-corrected chi connectivity index (χ1v) is 11.2. The summed E-state index contributed by atoms with van der Waals surface area (Å²) in [5.74, 6) is 1.49. The lowest BCUT2D eigenvalue weighted by molar-refractivity contribution is -0.141. The number of nitrogens with zero attached hydrogens (tertiary/aromatic N) is 3. The van der Waals surface area contributed by atoms with Crippen molar-refractivity contribution >= 4 is 11.8 Å². The molecule has 1 saturated heterocycles. The maximum atomic E-state index is 12.8. The van der Waals surface area contributed by atoms with Gasteiger partial charge in [0, 0.05) is 56.1 Å². The Labute approximate surface area is 188 Å². The highest BCUT2D eigenvalue weighted by atomic mass is 16.4. The Morgan fingerprint density at radius 2 is 1.44 bits per heavy atom. The van der Waals surface area contributed by atoms with Gasteiger partial charge in [-0.15, -0.1) is 0 Å². The molecule has 0 bridgehead atoms. The highest BCUT2D eigenvalue weighted by Crippen LogP contribution is 2.32. The molecule has 2 heterocycles. The second-order valence-corrected chi connectivity index (χ2v) is 8.38. The highest BCUT2D eigenvalue weighted by molar-refractivity contribution is 5.80. The zero-order valence-corrected chi connectivity index (χ0v) is 18.7. The molecule has 4 rings (SSSR count). The molecule has 0 radical (unpaired) electrons. The van der Waals surface area contributed by atoms with Crippen LogP contribution in [0.25, 0.3) is 22.6 Å². The second-order valence-electron chi connectivity index (χ2n) is 8.38. The number of amides is 2. The lowest BCUT2D eigenvalue weighted by Gasteiger charge is -2.35. The van der Waals surface area contributed by atoms with Gasteiger partial charge in [-0.2, -0.15) is 0 Å². The van der Waals surface area contributed by atoms with E-state index in [9.17, 15) is 9.59 Å². The minimum absolute atomic E-state index is 0.0140. The van der Waals surface area contributed by atoms with Crippen LogP contribution in [0.3, 0.4) is 0 Å². The van der Waals surface area contributed by atoms with E-state index in [1.165, 1.54) is 0 Å². The molecule has 1 aromatic heterocycles. The Hall–Kier alpha value is -3.41. The Morgan fingerprint density at radius 1 is 0.875 bits per heavy atom. The fourth-order valence-corrected chi connectivity index (χ4v) is 3.96. The Kier molecular flexibility index (Phi) is 6.69. The van der Waals surface area contributed by atoms with E-state index in [1.54, 1.807) is 0 Å². The van der Waals surface area contributed by atoms with Crippen molar-refractivity contribution in [2.45, 2.75) is 26.7 Å². The number of carbonyl (C=O) groups excluding carboxylic acids is 2. The third-order valence-corrected chi connectivity index (χ3v) is 5.75. The van der Waals surface area contributed by atoms with Crippen molar-refractivity contribution in [1.82, 2.24) is 14.8 Å². The number of piperazine rings is 1. The Balaban J connectivity index is 1.43. The molecule has 2 amide bonds. The standard InChI is InChI=1S/C26H29N3O3/c1-19(2)26(31)29-17-15-28(16-18-29)23(30)14-13-22-27-24(20-9-5-3-6-10-20)25(32-22)21-11-7-4-8-12-21/h3-12,19H,13-18H2,1-2H3. The predicted octanol–water partition coefficient (Wildman–Crippen LogP) is 4.27. The van der Waals surface area contributed by atoms with Crippen LogP contribution in [-0.2, 0) is 16.0 Å². The SMILES string of the molecule is CC(C)C(=O)N1CCN(C(=O)CCc2nc(-c3ccccc3)c(-c3ccccc3)o2)CC1. The van der Waals surface area contributed by atoms with Crippen LogP contribution in [0, 0.1) is 5.92 Å². The monoisotopic (exact) mass is 431 g/mol. The molecule has 32 heavy (non-hydrogen) atoms. The quantitative estimate of drug-likeness (QED) is 0.585. The highest BCUT2D eigenvalue weighted by Gasteiger charge is 2.25. The summed E-state index contributed by atoms with van der Waals surface area (Å²) in [6.45, 7) is 6.16. The first-order valence-electron chi connectivity index (χ1n) is 11.2. The Morgan fingerprint density at radius 3 is 2.03 bits per heavy atom. The number of rotatable bonds is 6. The summed E-state index contributed by atoms with van der Waals surface area (Å²) in [6.07, 6.45) is 0.776. The molecule has 6 nitrogen and oxygen atoms in total. The molecule has 0 aliphatic carbocycles. The van der Waals surface area contributed by atoms with Gasteiger partial charge in [0.15, 0.2) is 11.7 Å². The van der Waals surface area contributed by atoms with E-state index in [1.807, 2.05) is 84.3 Å². The van der Waals surface area contributed by atoms with Gasteiger partial charge in [0.2, 0.25) is 11.8 Å². The molecule has 3 aromatic rings. The van der Waals surface area contributed by atoms with Gasteiger partial charge < -0.3 is 14.2 Å². The van der Waals surface area contributed by atoms with Crippen molar-refractivity contribution in [3.8, 4) is 22.6 Å². The summed E-state index contributed by atoms with van der Waals surface area (Å²) in [6, 6.07) is 19.9. The van der Waals surface area contributed by atoms with Crippen LogP contribution in [0.15, 0.2) is 65.1 Å². The van der Waals surface area contributed by atoms with Crippen LogP contribution in [0.4, 0.5) is 0 Å². The molecule has 166 valence electrons. The first kappa shape index (κ1) is 21.8. The predicted molar refractivity (Wildman–Crippen MR) is 124 cm³/mol. The maximum absolute atomic E-state index is 12.8. The summed E-state index contributed by atoms with van der Waals surface area (Å²) < 4.78 is 6.13. The van der Waals surface area contributed by atoms with E-state index < -0.39 is 0 Å². The minimum Gasteiger partial charge on any atom is -0.440 e. The van der Waals surface area contributed by atoms with Crippen molar-refractivity contribution < 1.29 is 14.0 Å². The fourth-order valence-electron chi connectivity index (χ4n) is 3.96. The van der Waals surface area contributed by atoms with Gasteiger partial charge in [0.1, 0.15) is 5.69 Å². The van der Waals surface area contributed by atoms with Crippen LogP contribution in [0.2, 0.25) is 0 Å². The number of oxazole rings is 1. The largest absolute Gasteiger partial charge is 0.440 e. The topological polar surface area (TPSA) is 66.7 Å². The Bertz CT molecular complexity index is 995. The first-order chi connectivity index (χ1) is 15.5. The summed E-state index contributed by atoms with van der Waals surface area (Å²) in [5, 5.41) is 0. The van der Waals surface area contributed by atoms with Crippen LogP contribution in [0.5, 0.6) is 0 Å². The molecule has 0 unspecified atom stereocenters. The van der Waals surface area contributed by atoms with Crippen molar-refractivity contribution in [2.75, 3.05) is 26.2 Å². The average molecular weight is 432 g/mol. The molecule has 2 aromatic carbocycles. The molecule has 1 aliphatic heterocycles. The van der Waals surface area contributed by atoms with Gasteiger partial charge in [0.05, 0.1) is 0 Å². The normalized spacial score (nSPS) is 14.1. The molecule has 6 heteroatoms. The lowest BCUT2D eigenvalue weighted by Crippen LogP contribution is -2.51. The van der Waals surface area contributed by atoms with Crippen molar-refractivity contribution in [3.63, 3.8) is 0 Å². The number of hydrogen-bond donors (Lipinski definition) is 0. The number of benzene rings is 2. The third-order valence-electron chi connectivity index (χ3n) is 5.75. The number of aromatic nitrogens is 1. The van der Waals surface area contributed by atoms with E-state index in [-0.39, 0.29) is 17.7 Å². The van der Waals surface area contributed by atoms with Gasteiger partial charge in [-0.3, -0.25) is 9.59 Å². The van der Waals surface area contributed by atoms with Crippen LogP contribution < -0.4 is 0 Å². The number of hydrogen-bond acceptors (Lipinski definition) is 4. The van der Waals surface area contributed by atoms with Gasteiger partial charge in [-0.25, -0.2) is 4.98 Å². The zero-order chi connectivity index (χ0) is 22.5. The molecule has 1 aliphatic rings. The van der Waals surface area contributed by atoms with E-state index in [0.717, 1.165) is 22.6 Å². The van der Waals surface area contributed by atoms with E-state index in [4.69, 9.17) is 9.40 Å². The second kappa shape index (κ2) is 9.81. The fraction of sp³-hybridized carbons (Fsp3) is 0.346. The number of aryl methyl sites for hydroxylation is 1. The molecular formula is C26H29N3O3. The maximum Gasteiger partial charge on any atom is 0.225 e. The smallest absolute Gasteiger partial charge is 0.225 e. The summed E-state index contributed by atoms with van der Waals surface area (Å²) in [7, 11) is 0.